The van der Waals surface area contributed by atoms with Gasteiger partial charge in [0.25, 0.3) is 0 Å². The van der Waals surface area contributed by atoms with Crippen molar-refractivity contribution < 1.29 is 14.6 Å². The van der Waals surface area contributed by atoms with E-state index in [1.54, 1.807) is 14.2 Å². The van der Waals surface area contributed by atoms with Crippen molar-refractivity contribution in [1.29, 1.82) is 0 Å². The van der Waals surface area contributed by atoms with Crippen LogP contribution >= 0.6 is 0 Å². The van der Waals surface area contributed by atoms with Gasteiger partial charge in [-0.3, -0.25) is 0 Å². The number of hydrogen-bond donors (Lipinski definition) is 2. The van der Waals surface area contributed by atoms with Crippen molar-refractivity contribution in [1.82, 2.24) is 5.32 Å². The first-order valence-electron chi connectivity index (χ1n) is 7.76. The van der Waals surface area contributed by atoms with Gasteiger partial charge in [-0.2, -0.15) is 0 Å². The van der Waals surface area contributed by atoms with Crippen LogP contribution in [0.15, 0.2) is 18.2 Å². The van der Waals surface area contributed by atoms with E-state index in [-0.39, 0.29) is 6.04 Å². The summed E-state index contributed by atoms with van der Waals surface area (Å²) in [6, 6.07) is 6.64. The third-order valence-electron chi connectivity index (χ3n) is 4.49. The second-order valence-corrected chi connectivity index (χ2v) is 5.90. The van der Waals surface area contributed by atoms with Crippen LogP contribution in [0.5, 0.6) is 11.5 Å². The molecule has 1 atom stereocenters. The fourth-order valence-electron chi connectivity index (χ4n) is 3.13. The Morgan fingerprint density at radius 2 is 1.90 bits per heavy atom. The predicted molar refractivity (Wildman–Crippen MR) is 83.9 cm³/mol. The topological polar surface area (TPSA) is 50.7 Å². The molecule has 21 heavy (non-hydrogen) atoms. The van der Waals surface area contributed by atoms with E-state index in [1.807, 2.05) is 18.2 Å². The van der Waals surface area contributed by atoms with E-state index in [4.69, 9.17) is 9.47 Å². The van der Waals surface area contributed by atoms with Gasteiger partial charge in [0.05, 0.1) is 14.2 Å². The zero-order chi connectivity index (χ0) is 15.2. The molecule has 0 saturated heterocycles. The SMILES string of the molecule is COc1ccc(OC)c(C(C)NC2CCC(CO)CC2)c1. The minimum atomic E-state index is 0.214. The predicted octanol–water partition coefficient (Wildman–Crippen LogP) is 2.91. The van der Waals surface area contributed by atoms with Crippen molar-refractivity contribution in [3.8, 4) is 11.5 Å². The van der Waals surface area contributed by atoms with Crippen molar-refractivity contribution >= 4 is 0 Å². The smallest absolute Gasteiger partial charge is 0.123 e. The van der Waals surface area contributed by atoms with Gasteiger partial charge in [-0.05, 0) is 56.7 Å². The third-order valence-corrected chi connectivity index (χ3v) is 4.49. The van der Waals surface area contributed by atoms with Gasteiger partial charge in [-0.1, -0.05) is 0 Å². The van der Waals surface area contributed by atoms with Gasteiger partial charge in [0, 0.05) is 24.3 Å². The average Bonchev–Trinajstić information content (AvgIpc) is 2.54. The van der Waals surface area contributed by atoms with E-state index < -0.39 is 0 Å². The summed E-state index contributed by atoms with van der Waals surface area (Å²) < 4.78 is 10.8. The van der Waals surface area contributed by atoms with Gasteiger partial charge in [-0.15, -0.1) is 0 Å². The Morgan fingerprint density at radius 3 is 2.48 bits per heavy atom. The first-order chi connectivity index (χ1) is 10.2. The number of methoxy groups -OCH3 is 2. The zero-order valence-electron chi connectivity index (χ0n) is 13.3. The lowest BCUT2D eigenvalue weighted by molar-refractivity contribution is 0.172. The van der Waals surface area contributed by atoms with E-state index in [9.17, 15) is 5.11 Å². The van der Waals surface area contributed by atoms with Crippen molar-refractivity contribution in [3.63, 3.8) is 0 Å². The molecule has 1 unspecified atom stereocenters. The van der Waals surface area contributed by atoms with E-state index in [0.29, 0.717) is 18.6 Å². The molecular formula is C17H27NO3. The number of nitrogens with one attached hydrogen (secondary N) is 1. The van der Waals surface area contributed by atoms with Gasteiger partial charge in [0.15, 0.2) is 0 Å². The molecule has 1 fully saturated rings. The number of aliphatic hydroxyl groups excluding tert-OH is 1. The minimum Gasteiger partial charge on any atom is -0.497 e. The van der Waals surface area contributed by atoms with Gasteiger partial charge in [0.2, 0.25) is 0 Å². The van der Waals surface area contributed by atoms with Crippen LogP contribution in [0.2, 0.25) is 0 Å². The summed E-state index contributed by atoms with van der Waals surface area (Å²) in [5.41, 5.74) is 1.13. The molecule has 0 amide bonds. The van der Waals surface area contributed by atoms with E-state index in [0.717, 1.165) is 42.7 Å². The molecule has 2 rings (SSSR count). The molecular weight excluding hydrogens is 266 g/mol. The molecule has 1 aromatic carbocycles. The molecule has 118 valence electrons. The van der Waals surface area contributed by atoms with Crippen LogP contribution in [0, 0.1) is 5.92 Å². The number of aliphatic hydroxyl groups is 1. The van der Waals surface area contributed by atoms with Crippen LogP contribution < -0.4 is 14.8 Å². The highest BCUT2D eigenvalue weighted by atomic mass is 16.5. The second-order valence-electron chi connectivity index (χ2n) is 5.90. The molecule has 0 aromatic heterocycles. The standard InChI is InChI=1S/C17H27NO3/c1-12(18-14-6-4-13(11-19)5-7-14)16-10-15(20-2)8-9-17(16)21-3/h8-10,12-14,18-19H,4-7,11H2,1-3H3. The minimum absolute atomic E-state index is 0.214. The highest BCUT2D eigenvalue weighted by molar-refractivity contribution is 5.42. The molecule has 1 saturated carbocycles. The van der Waals surface area contributed by atoms with Crippen LogP contribution in [0.1, 0.15) is 44.2 Å². The summed E-state index contributed by atoms with van der Waals surface area (Å²) in [7, 11) is 3.38. The van der Waals surface area contributed by atoms with Crippen molar-refractivity contribution in [3.05, 3.63) is 23.8 Å². The summed E-state index contributed by atoms with van der Waals surface area (Å²) in [6.45, 7) is 2.49. The summed E-state index contributed by atoms with van der Waals surface area (Å²) in [6.07, 6.45) is 4.47. The molecule has 1 aromatic rings. The molecule has 0 radical (unpaired) electrons. The molecule has 0 bridgehead atoms. The second kappa shape index (κ2) is 7.66. The normalized spacial score (nSPS) is 23.6. The van der Waals surface area contributed by atoms with Crippen molar-refractivity contribution in [2.45, 2.75) is 44.7 Å². The van der Waals surface area contributed by atoms with Crippen LogP contribution in [0.3, 0.4) is 0 Å². The quantitative estimate of drug-likeness (QED) is 0.847. The number of hydrogen-bond acceptors (Lipinski definition) is 4. The summed E-state index contributed by atoms with van der Waals surface area (Å²) >= 11 is 0. The zero-order valence-corrected chi connectivity index (χ0v) is 13.3. The third kappa shape index (κ3) is 4.11. The molecule has 4 nitrogen and oxygen atoms in total. The van der Waals surface area contributed by atoms with Crippen LogP contribution in [0.4, 0.5) is 0 Å². The molecule has 0 aliphatic heterocycles. The molecule has 1 aliphatic carbocycles. The number of rotatable bonds is 6. The van der Waals surface area contributed by atoms with Gasteiger partial charge < -0.3 is 19.9 Å². The summed E-state index contributed by atoms with van der Waals surface area (Å²) in [5.74, 6) is 2.23. The van der Waals surface area contributed by atoms with E-state index in [2.05, 4.69) is 12.2 Å². The highest BCUT2D eigenvalue weighted by Gasteiger charge is 2.23. The highest BCUT2D eigenvalue weighted by Crippen LogP contribution is 2.31. The average molecular weight is 293 g/mol. The van der Waals surface area contributed by atoms with Gasteiger partial charge in [0.1, 0.15) is 11.5 Å². The molecule has 0 spiro atoms. The first-order valence-corrected chi connectivity index (χ1v) is 7.76. The Labute approximate surface area is 127 Å². The van der Waals surface area contributed by atoms with Crippen molar-refractivity contribution in [2.24, 2.45) is 5.92 Å². The monoisotopic (exact) mass is 293 g/mol. The van der Waals surface area contributed by atoms with Crippen molar-refractivity contribution in [2.75, 3.05) is 20.8 Å². The molecule has 2 N–H and O–H groups in total. The largest absolute Gasteiger partial charge is 0.497 e. The summed E-state index contributed by atoms with van der Waals surface area (Å²) in [4.78, 5) is 0. The first kappa shape index (κ1) is 16.1. The van der Waals surface area contributed by atoms with Crippen LogP contribution in [-0.2, 0) is 0 Å². The maximum Gasteiger partial charge on any atom is 0.123 e. The number of ether oxygens (including phenoxy) is 2. The number of benzene rings is 1. The maximum atomic E-state index is 9.21. The molecule has 4 heteroatoms. The molecule has 0 heterocycles. The van der Waals surface area contributed by atoms with E-state index in [1.165, 1.54) is 0 Å². The molecule has 1 aliphatic rings. The Morgan fingerprint density at radius 1 is 1.19 bits per heavy atom. The Balaban J connectivity index is 2.01. The lowest BCUT2D eigenvalue weighted by atomic mass is 9.86. The maximum absolute atomic E-state index is 9.21. The van der Waals surface area contributed by atoms with Gasteiger partial charge in [-0.25, -0.2) is 0 Å². The fraction of sp³-hybridized carbons (Fsp3) is 0.647. The fourth-order valence-corrected chi connectivity index (χ4v) is 3.13. The lowest BCUT2D eigenvalue weighted by Crippen LogP contribution is -2.35. The summed E-state index contributed by atoms with van der Waals surface area (Å²) in [5, 5.41) is 12.9. The Kier molecular flexibility index (Phi) is 5.88. The van der Waals surface area contributed by atoms with E-state index >= 15 is 0 Å². The van der Waals surface area contributed by atoms with Crippen LogP contribution in [-0.4, -0.2) is 32.0 Å². The van der Waals surface area contributed by atoms with Gasteiger partial charge >= 0.3 is 0 Å². The lowest BCUT2D eigenvalue weighted by Gasteiger charge is -2.31. The Hall–Kier alpha value is -1.26. The Bertz CT molecular complexity index is 442. The van der Waals surface area contributed by atoms with Crippen LogP contribution in [0.25, 0.3) is 0 Å².